The van der Waals surface area contributed by atoms with Crippen molar-refractivity contribution in [2.75, 3.05) is 0 Å². The zero-order valence-electron chi connectivity index (χ0n) is 6.74. The lowest BCUT2D eigenvalue weighted by Crippen LogP contribution is -2.18. The van der Waals surface area contributed by atoms with Gasteiger partial charge in [0.15, 0.2) is 6.10 Å². The highest BCUT2D eigenvalue weighted by molar-refractivity contribution is 5.82. The number of epoxide rings is 1. The first-order chi connectivity index (χ1) is 6.18. The molecule has 4 heteroatoms. The Morgan fingerprint density at radius 3 is 2.46 bits per heavy atom. The minimum Gasteiger partial charge on any atom is -0.367 e. The maximum absolute atomic E-state index is 12.5. The third kappa shape index (κ3) is 1.53. The first kappa shape index (κ1) is 8.19. The Labute approximate surface area is 74.3 Å². The topological polar surface area (TPSA) is 55.6 Å². The van der Waals surface area contributed by atoms with Gasteiger partial charge in [0.25, 0.3) is 0 Å². The third-order valence-electron chi connectivity index (χ3n) is 1.97. The minimum atomic E-state index is -0.537. The molecule has 0 aromatic heterocycles. The van der Waals surface area contributed by atoms with Crippen molar-refractivity contribution in [2.24, 2.45) is 5.73 Å². The van der Waals surface area contributed by atoms with E-state index in [1.165, 1.54) is 12.1 Å². The molecule has 1 aromatic rings. The van der Waals surface area contributed by atoms with Gasteiger partial charge < -0.3 is 10.5 Å². The molecule has 1 fully saturated rings. The summed E-state index contributed by atoms with van der Waals surface area (Å²) in [4.78, 5) is 10.6. The number of nitrogens with two attached hydrogens (primary N) is 1. The van der Waals surface area contributed by atoms with E-state index < -0.39 is 12.0 Å². The van der Waals surface area contributed by atoms with Crippen molar-refractivity contribution in [1.29, 1.82) is 0 Å². The fraction of sp³-hybridized carbons (Fsp3) is 0.222. The molecule has 68 valence electrons. The molecule has 3 nitrogen and oxygen atoms in total. The van der Waals surface area contributed by atoms with Crippen molar-refractivity contribution < 1.29 is 13.9 Å². The first-order valence-corrected chi connectivity index (χ1v) is 3.89. The van der Waals surface area contributed by atoms with Gasteiger partial charge in [-0.25, -0.2) is 4.39 Å². The maximum atomic E-state index is 12.5. The van der Waals surface area contributed by atoms with Crippen LogP contribution in [-0.4, -0.2) is 12.0 Å². The van der Waals surface area contributed by atoms with Gasteiger partial charge in [0.2, 0.25) is 5.91 Å². The molecular weight excluding hydrogens is 173 g/mol. The zero-order chi connectivity index (χ0) is 9.42. The van der Waals surface area contributed by atoms with Gasteiger partial charge in [-0.2, -0.15) is 0 Å². The van der Waals surface area contributed by atoms with E-state index in [0.717, 1.165) is 5.56 Å². The number of amides is 1. The lowest BCUT2D eigenvalue weighted by atomic mass is 10.1. The Bertz CT molecular complexity index is 336. The van der Waals surface area contributed by atoms with Crippen molar-refractivity contribution in [3.05, 3.63) is 35.6 Å². The number of primary amides is 1. The van der Waals surface area contributed by atoms with E-state index in [4.69, 9.17) is 10.5 Å². The van der Waals surface area contributed by atoms with Crippen LogP contribution in [0.3, 0.4) is 0 Å². The molecule has 0 radical (unpaired) electrons. The Morgan fingerprint density at radius 2 is 2.00 bits per heavy atom. The molecule has 0 aliphatic carbocycles. The second-order valence-electron chi connectivity index (χ2n) is 2.93. The molecule has 0 unspecified atom stereocenters. The fourth-order valence-electron chi connectivity index (χ4n) is 1.23. The van der Waals surface area contributed by atoms with Crippen LogP contribution in [0, 0.1) is 5.82 Å². The van der Waals surface area contributed by atoms with Crippen molar-refractivity contribution in [3.63, 3.8) is 0 Å². The van der Waals surface area contributed by atoms with Crippen LogP contribution in [0.1, 0.15) is 11.7 Å². The van der Waals surface area contributed by atoms with Gasteiger partial charge in [-0.3, -0.25) is 4.79 Å². The Balaban J connectivity index is 2.12. The fourth-order valence-corrected chi connectivity index (χ4v) is 1.23. The standard InChI is InChI=1S/C9H8FNO2/c10-6-3-1-5(2-4-6)7-8(13-7)9(11)12/h1-4,7-8H,(H2,11,12)/t7-,8+/m0/s1. The smallest absolute Gasteiger partial charge is 0.249 e. The summed E-state index contributed by atoms with van der Waals surface area (Å²) in [6, 6.07) is 5.83. The van der Waals surface area contributed by atoms with Crippen LogP contribution in [0.4, 0.5) is 4.39 Å². The van der Waals surface area contributed by atoms with Gasteiger partial charge in [0, 0.05) is 0 Å². The van der Waals surface area contributed by atoms with E-state index >= 15 is 0 Å². The zero-order valence-corrected chi connectivity index (χ0v) is 6.74. The number of halogens is 1. The van der Waals surface area contributed by atoms with Gasteiger partial charge in [0.05, 0.1) is 0 Å². The maximum Gasteiger partial charge on any atom is 0.249 e. The summed E-state index contributed by atoms with van der Waals surface area (Å²) in [6.45, 7) is 0. The predicted molar refractivity (Wildman–Crippen MR) is 43.2 cm³/mol. The summed E-state index contributed by atoms with van der Waals surface area (Å²) in [6.07, 6.45) is -0.816. The second-order valence-corrected chi connectivity index (χ2v) is 2.93. The lowest BCUT2D eigenvalue weighted by Gasteiger charge is -1.93. The van der Waals surface area contributed by atoms with Gasteiger partial charge >= 0.3 is 0 Å². The molecule has 1 heterocycles. The molecule has 1 aliphatic rings. The van der Waals surface area contributed by atoms with Crippen LogP contribution in [0.2, 0.25) is 0 Å². The van der Waals surface area contributed by atoms with Crippen molar-refractivity contribution in [2.45, 2.75) is 12.2 Å². The molecular formula is C9H8FNO2. The van der Waals surface area contributed by atoms with Crippen LogP contribution in [0.15, 0.2) is 24.3 Å². The minimum absolute atomic E-state index is 0.280. The van der Waals surface area contributed by atoms with Crippen LogP contribution < -0.4 is 5.73 Å². The van der Waals surface area contributed by atoms with E-state index in [0.29, 0.717) is 0 Å². The lowest BCUT2D eigenvalue weighted by molar-refractivity contribution is -0.119. The molecule has 1 aliphatic heterocycles. The largest absolute Gasteiger partial charge is 0.367 e. The summed E-state index contributed by atoms with van der Waals surface area (Å²) in [5.74, 6) is -0.783. The first-order valence-electron chi connectivity index (χ1n) is 3.89. The van der Waals surface area contributed by atoms with E-state index in [-0.39, 0.29) is 11.9 Å². The molecule has 1 amide bonds. The number of carbonyl (C=O) groups excluding carboxylic acids is 1. The number of rotatable bonds is 2. The molecule has 2 rings (SSSR count). The third-order valence-corrected chi connectivity index (χ3v) is 1.97. The number of hydrogen-bond donors (Lipinski definition) is 1. The predicted octanol–water partition coefficient (Wildman–Crippen LogP) is 0.751. The summed E-state index contributed by atoms with van der Waals surface area (Å²) >= 11 is 0. The second kappa shape index (κ2) is 2.81. The van der Waals surface area contributed by atoms with E-state index in [9.17, 15) is 9.18 Å². The van der Waals surface area contributed by atoms with Crippen molar-refractivity contribution in [1.82, 2.24) is 0 Å². The average molecular weight is 181 g/mol. The highest BCUT2D eigenvalue weighted by atomic mass is 19.1. The van der Waals surface area contributed by atoms with Crippen LogP contribution >= 0.6 is 0 Å². The Kier molecular flexibility index (Phi) is 1.77. The summed E-state index contributed by atoms with van der Waals surface area (Å²) in [5, 5.41) is 0. The van der Waals surface area contributed by atoms with Gasteiger partial charge in [-0.1, -0.05) is 12.1 Å². The molecule has 1 saturated heterocycles. The van der Waals surface area contributed by atoms with E-state index in [1.54, 1.807) is 12.1 Å². The number of ether oxygens (including phenoxy) is 1. The van der Waals surface area contributed by atoms with Crippen LogP contribution in [-0.2, 0) is 9.53 Å². The van der Waals surface area contributed by atoms with Crippen molar-refractivity contribution in [3.8, 4) is 0 Å². The SMILES string of the molecule is NC(=O)[C@@H]1O[C@H]1c1ccc(F)cc1. The van der Waals surface area contributed by atoms with E-state index in [1.807, 2.05) is 0 Å². The Morgan fingerprint density at radius 1 is 1.38 bits per heavy atom. The molecule has 0 bridgehead atoms. The number of carbonyl (C=O) groups is 1. The number of benzene rings is 1. The van der Waals surface area contributed by atoms with Crippen molar-refractivity contribution >= 4 is 5.91 Å². The Hall–Kier alpha value is -1.42. The van der Waals surface area contributed by atoms with E-state index in [2.05, 4.69) is 0 Å². The quantitative estimate of drug-likeness (QED) is 0.684. The highest BCUT2D eigenvalue weighted by Crippen LogP contribution is 2.38. The molecule has 2 atom stereocenters. The average Bonchev–Trinajstić information content (AvgIpc) is 2.85. The molecule has 13 heavy (non-hydrogen) atoms. The molecule has 0 saturated carbocycles. The monoisotopic (exact) mass is 181 g/mol. The van der Waals surface area contributed by atoms with Gasteiger partial charge in [-0.05, 0) is 17.7 Å². The summed E-state index contributed by atoms with van der Waals surface area (Å²) in [7, 11) is 0. The summed E-state index contributed by atoms with van der Waals surface area (Å²) < 4.78 is 17.5. The van der Waals surface area contributed by atoms with Crippen LogP contribution in [0.5, 0.6) is 0 Å². The highest BCUT2D eigenvalue weighted by Gasteiger charge is 2.44. The number of hydrogen-bond acceptors (Lipinski definition) is 2. The van der Waals surface area contributed by atoms with Gasteiger partial charge in [-0.15, -0.1) is 0 Å². The van der Waals surface area contributed by atoms with Crippen LogP contribution in [0.25, 0.3) is 0 Å². The molecule has 0 spiro atoms. The normalized spacial score (nSPS) is 25.6. The summed E-state index contributed by atoms with van der Waals surface area (Å²) in [5.41, 5.74) is 5.80. The van der Waals surface area contributed by atoms with Gasteiger partial charge in [0.1, 0.15) is 11.9 Å². The molecule has 1 aromatic carbocycles. The molecule has 2 N–H and O–H groups in total.